The summed E-state index contributed by atoms with van der Waals surface area (Å²) in [6, 6.07) is 0. The van der Waals surface area contributed by atoms with Crippen LogP contribution in [0.5, 0.6) is 0 Å². The molecule has 57 valence electrons. The molecule has 0 spiro atoms. The van der Waals surface area contributed by atoms with Gasteiger partial charge in [0.2, 0.25) is 0 Å². The summed E-state index contributed by atoms with van der Waals surface area (Å²) in [5, 5.41) is 8.56. The van der Waals surface area contributed by atoms with Crippen LogP contribution in [0.25, 0.3) is 0 Å². The third-order valence-corrected chi connectivity index (χ3v) is 1.21. The number of aliphatic hydroxyl groups is 1. The van der Waals surface area contributed by atoms with Gasteiger partial charge in [-0.15, -0.1) is 6.42 Å². The minimum atomic E-state index is 0.168. The van der Waals surface area contributed by atoms with Gasteiger partial charge in [0, 0.05) is 6.54 Å². The van der Waals surface area contributed by atoms with Crippen molar-refractivity contribution in [1.82, 2.24) is 4.90 Å². The predicted molar refractivity (Wildman–Crippen MR) is 42.3 cm³/mol. The highest BCUT2D eigenvalue weighted by molar-refractivity contribution is 4.88. The van der Waals surface area contributed by atoms with E-state index in [1.165, 1.54) is 0 Å². The zero-order valence-corrected chi connectivity index (χ0v) is 6.21. The largest absolute Gasteiger partial charge is 0.395 e. The summed E-state index contributed by atoms with van der Waals surface area (Å²) in [5.41, 5.74) is 0. The number of aliphatic hydroxyl groups excluding tert-OH is 1. The molecule has 0 amide bonds. The highest BCUT2D eigenvalue weighted by atomic mass is 16.3. The van der Waals surface area contributed by atoms with Crippen LogP contribution in [-0.2, 0) is 0 Å². The number of hydrogen-bond donors (Lipinski definition) is 1. The Labute approximate surface area is 62.8 Å². The zero-order valence-electron chi connectivity index (χ0n) is 6.21. The molecule has 1 N–H and O–H groups in total. The normalized spacial score (nSPS) is 9.80. The molecule has 0 unspecified atom stereocenters. The molecule has 0 bridgehead atoms. The molecule has 2 heteroatoms. The Hall–Kier alpha value is -0.520. The van der Waals surface area contributed by atoms with E-state index >= 15 is 0 Å². The molecule has 0 atom stereocenters. The molecule has 1 radical (unpaired) electrons. The van der Waals surface area contributed by atoms with Gasteiger partial charge in [0.05, 0.1) is 13.2 Å². The Kier molecular flexibility index (Phi) is 6.25. The summed E-state index contributed by atoms with van der Waals surface area (Å²) in [5.74, 6) is 2.52. The second-order valence-corrected chi connectivity index (χ2v) is 2.06. The summed E-state index contributed by atoms with van der Waals surface area (Å²) in [6.45, 7) is 5.99. The molecule has 0 aliphatic rings. The van der Waals surface area contributed by atoms with Gasteiger partial charge in [-0.25, -0.2) is 0 Å². The lowest BCUT2D eigenvalue weighted by Gasteiger charge is -2.16. The van der Waals surface area contributed by atoms with E-state index in [2.05, 4.69) is 12.8 Å². The fourth-order valence-corrected chi connectivity index (χ4v) is 0.764. The fourth-order valence-electron chi connectivity index (χ4n) is 0.764. The van der Waals surface area contributed by atoms with Crippen LogP contribution in [0.15, 0.2) is 0 Å². The number of rotatable bonds is 5. The molecular formula is C8H14NO. The monoisotopic (exact) mass is 140 g/mol. The molecule has 0 aromatic heterocycles. The first-order valence-corrected chi connectivity index (χ1v) is 3.41. The van der Waals surface area contributed by atoms with Crippen LogP contribution in [0.3, 0.4) is 0 Å². The van der Waals surface area contributed by atoms with Crippen LogP contribution in [0, 0.1) is 19.3 Å². The Morgan fingerprint density at radius 1 is 1.50 bits per heavy atom. The summed E-state index contributed by atoms with van der Waals surface area (Å²) in [6.07, 6.45) is 5.93. The van der Waals surface area contributed by atoms with Crippen molar-refractivity contribution in [3.63, 3.8) is 0 Å². The van der Waals surface area contributed by atoms with Crippen molar-refractivity contribution in [2.75, 3.05) is 26.2 Å². The first kappa shape index (κ1) is 9.48. The average molecular weight is 140 g/mol. The molecule has 0 rings (SSSR count). The van der Waals surface area contributed by atoms with Gasteiger partial charge in [0.25, 0.3) is 0 Å². The highest BCUT2D eigenvalue weighted by Gasteiger charge is 1.98. The SMILES string of the molecule is C#CCN(CC[CH2])CCO. The predicted octanol–water partition coefficient (Wildman–Crippen LogP) is 0.138. The van der Waals surface area contributed by atoms with Gasteiger partial charge in [-0.2, -0.15) is 0 Å². The first-order valence-electron chi connectivity index (χ1n) is 3.41. The molecule has 10 heavy (non-hydrogen) atoms. The van der Waals surface area contributed by atoms with Crippen molar-refractivity contribution in [2.24, 2.45) is 0 Å². The Morgan fingerprint density at radius 3 is 2.60 bits per heavy atom. The molecule has 0 aliphatic carbocycles. The molecule has 0 aromatic rings. The van der Waals surface area contributed by atoms with Crippen molar-refractivity contribution < 1.29 is 5.11 Å². The van der Waals surface area contributed by atoms with Crippen LogP contribution in [-0.4, -0.2) is 36.2 Å². The second-order valence-electron chi connectivity index (χ2n) is 2.06. The third kappa shape index (κ3) is 4.37. The number of nitrogens with zero attached hydrogens (tertiary/aromatic N) is 1. The van der Waals surface area contributed by atoms with Crippen molar-refractivity contribution in [3.05, 3.63) is 6.92 Å². The van der Waals surface area contributed by atoms with Crippen molar-refractivity contribution in [3.8, 4) is 12.3 Å². The van der Waals surface area contributed by atoms with E-state index in [0.29, 0.717) is 13.1 Å². The quantitative estimate of drug-likeness (QED) is 0.549. The van der Waals surface area contributed by atoms with Gasteiger partial charge < -0.3 is 5.11 Å². The maximum Gasteiger partial charge on any atom is 0.0599 e. The highest BCUT2D eigenvalue weighted by Crippen LogP contribution is 1.87. The van der Waals surface area contributed by atoms with Gasteiger partial charge >= 0.3 is 0 Å². The van der Waals surface area contributed by atoms with E-state index in [4.69, 9.17) is 11.5 Å². The molecule has 0 fully saturated rings. The van der Waals surface area contributed by atoms with E-state index in [9.17, 15) is 0 Å². The summed E-state index contributed by atoms with van der Waals surface area (Å²) >= 11 is 0. The maximum absolute atomic E-state index is 8.56. The molecular weight excluding hydrogens is 126 g/mol. The van der Waals surface area contributed by atoms with Gasteiger partial charge in [-0.05, 0) is 13.0 Å². The lowest BCUT2D eigenvalue weighted by molar-refractivity contribution is 0.212. The smallest absolute Gasteiger partial charge is 0.0599 e. The molecule has 0 saturated carbocycles. The lowest BCUT2D eigenvalue weighted by Crippen LogP contribution is -2.27. The third-order valence-electron chi connectivity index (χ3n) is 1.21. The molecule has 0 aliphatic heterocycles. The van der Waals surface area contributed by atoms with Crippen molar-refractivity contribution in [1.29, 1.82) is 0 Å². The van der Waals surface area contributed by atoms with E-state index in [1.807, 2.05) is 4.90 Å². The molecule has 0 saturated heterocycles. The van der Waals surface area contributed by atoms with Gasteiger partial charge in [0.15, 0.2) is 0 Å². The van der Waals surface area contributed by atoms with Crippen LogP contribution in [0.1, 0.15) is 6.42 Å². The summed E-state index contributed by atoms with van der Waals surface area (Å²) in [4.78, 5) is 1.99. The van der Waals surface area contributed by atoms with Crippen molar-refractivity contribution >= 4 is 0 Å². The van der Waals surface area contributed by atoms with Crippen LogP contribution < -0.4 is 0 Å². The van der Waals surface area contributed by atoms with Gasteiger partial charge in [-0.3, -0.25) is 4.90 Å². The molecule has 2 nitrogen and oxygen atoms in total. The standard InChI is InChI=1S/C8H14NO/c1-3-5-9(6-4-2)7-8-10/h1,10H,2,4-8H2. The Bertz CT molecular complexity index is 100. The summed E-state index contributed by atoms with van der Waals surface area (Å²) in [7, 11) is 0. The Balaban J connectivity index is 3.42. The van der Waals surface area contributed by atoms with E-state index in [0.717, 1.165) is 13.0 Å². The van der Waals surface area contributed by atoms with Gasteiger partial charge in [-0.1, -0.05) is 12.8 Å². The minimum Gasteiger partial charge on any atom is -0.395 e. The average Bonchev–Trinajstić information content (AvgIpc) is 1.90. The van der Waals surface area contributed by atoms with Gasteiger partial charge in [0.1, 0.15) is 0 Å². The van der Waals surface area contributed by atoms with Crippen LogP contribution >= 0.6 is 0 Å². The second kappa shape index (κ2) is 6.60. The Morgan fingerprint density at radius 2 is 2.20 bits per heavy atom. The topological polar surface area (TPSA) is 23.5 Å². The maximum atomic E-state index is 8.56. The van der Waals surface area contributed by atoms with Crippen LogP contribution in [0.2, 0.25) is 0 Å². The fraction of sp³-hybridized carbons (Fsp3) is 0.625. The minimum absolute atomic E-state index is 0.168. The lowest BCUT2D eigenvalue weighted by atomic mass is 10.4. The van der Waals surface area contributed by atoms with E-state index < -0.39 is 0 Å². The molecule has 0 heterocycles. The van der Waals surface area contributed by atoms with Crippen LogP contribution in [0.4, 0.5) is 0 Å². The summed E-state index contributed by atoms with van der Waals surface area (Å²) < 4.78 is 0. The van der Waals surface area contributed by atoms with Crippen molar-refractivity contribution in [2.45, 2.75) is 6.42 Å². The van der Waals surface area contributed by atoms with E-state index in [-0.39, 0.29) is 6.61 Å². The van der Waals surface area contributed by atoms with E-state index in [1.54, 1.807) is 0 Å². The number of hydrogen-bond acceptors (Lipinski definition) is 2. The molecule has 0 aromatic carbocycles. The zero-order chi connectivity index (χ0) is 7.82. The number of terminal acetylenes is 1. The first-order chi connectivity index (χ1) is 4.85.